The Bertz CT molecular complexity index is 391. The summed E-state index contributed by atoms with van der Waals surface area (Å²) in [5.41, 5.74) is -0.468. The lowest BCUT2D eigenvalue weighted by atomic mass is 9.80. The van der Waals surface area contributed by atoms with E-state index in [-0.39, 0.29) is 6.61 Å². The molecule has 0 bridgehead atoms. The number of aliphatic hydroxyl groups excluding tert-OH is 1. The van der Waals surface area contributed by atoms with E-state index in [9.17, 15) is 18.3 Å². The molecule has 1 N–H and O–H groups in total. The second-order valence-electron chi connectivity index (χ2n) is 4.53. The average molecular weight is 246 g/mol. The zero-order valence-corrected chi connectivity index (χ0v) is 9.13. The Morgan fingerprint density at radius 2 is 2.00 bits per heavy atom. The van der Waals surface area contributed by atoms with Gasteiger partial charge < -0.3 is 9.84 Å². The van der Waals surface area contributed by atoms with Crippen LogP contribution >= 0.6 is 0 Å². The molecule has 94 valence electrons. The molecule has 0 amide bonds. The van der Waals surface area contributed by atoms with Crippen LogP contribution in [0.15, 0.2) is 24.3 Å². The van der Waals surface area contributed by atoms with Gasteiger partial charge in [0.15, 0.2) is 0 Å². The highest BCUT2D eigenvalue weighted by molar-refractivity contribution is 5.27. The Morgan fingerprint density at radius 1 is 1.29 bits per heavy atom. The third kappa shape index (κ3) is 2.61. The molecule has 1 fully saturated rings. The first kappa shape index (κ1) is 12.4. The van der Waals surface area contributed by atoms with Gasteiger partial charge in [-0.2, -0.15) is 13.2 Å². The lowest BCUT2D eigenvalue weighted by Crippen LogP contribution is -2.47. The van der Waals surface area contributed by atoms with Crippen LogP contribution in [0.25, 0.3) is 0 Å². The van der Waals surface area contributed by atoms with Crippen LogP contribution in [0.3, 0.4) is 0 Å². The lowest BCUT2D eigenvalue weighted by Gasteiger charge is -2.40. The van der Waals surface area contributed by atoms with Crippen molar-refractivity contribution in [3.63, 3.8) is 0 Å². The SMILES string of the molecule is OCC1(Cc2cccc(C(F)(F)F)c2)COC1. The first-order valence-electron chi connectivity index (χ1n) is 5.30. The molecule has 1 aromatic rings. The molecule has 0 aliphatic carbocycles. The molecule has 1 aliphatic rings. The smallest absolute Gasteiger partial charge is 0.396 e. The van der Waals surface area contributed by atoms with E-state index in [4.69, 9.17) is 4.74 Å². The molecule has 0 unspecified atom stereocenters. The Balaban J connectivity index is 2.17. The van der Waals surface area contributed by atoms with E-state index in [0.717, 1.165) is 12.1 Å². The molecule has 5 heteroatoms. The van der Waals surface area contributed by atoms with Crippen LogP contribution in [-0.4, -0.2) is 24.9 Å². The molecule has 0 aromatic heterocycles. The minimum atomic E-state index is -4.32. The van der Waals surface area contributed by atoms with Crippen molar-refractivity contribution in [1.29, 1.82) is 0 Å². The molecule has 0 radical (unpaired) electrons. The topological polar surface area (TPSA) is 29.5 Å². The molecule has 2 nitrogen and oxygen atoms in total. The summed E-state index contributed by atoms with van der Waals surface area (Å²) in [7, 11) is 0. The molecular weight excluding hydrogens is 233 g/mol. The molecule has 1 saturated heterocycles. The van der Waals surface area contributed by atoms with Gasteiger partial charge in [-0.3, -0.25) is 0 Å². The fraction of sp³-hybridized carbons (Fsp3) is 0.500. The van der Waals surface area contributed by atoms with Crippen LogP contribution < -0.4 is 0 Å². The molecule has 1 aromatic carbocycles. The van der Waals surface area contributed by atoms with Crippen LogP contribution in [0.1, 0.15) is 11.1 Å². The summed E-state index contributed by atoms with van der Waals surface area (Å²) in [5.74, 6) is 0. The Kier molecular flexibility index (Phi) is 3.14. The largest absolute Gasteiger partial charge is 0.416 e. The Morgan fingerprint density at radius 3 is 2.47 bits per heavy atom. The molecular formula is C12H13F3O2. The predicted octanol–water partition coefficient (Wildman–Crippen LogP) is 2.26. The van der Waals surface area contributed by atoms with Gasteiger partial charge in [-0.25, -0.2) is 0 Å². The summed E-state index contributed by atoms with van der Waals surface area (Å²) >= 11 is 0. The zero-order chi connectivity index (χ0) is 12.5. The van der Waals surface area contributed by atoms with Gasteiger partial charge in [0, 0.05) is 5.41 Å². The zero-order valence-electron chi connectivity index (χ0n) is 9.13. The van der Waals surface area contributed by atoms with Gasteiger partial charge in [0.05, 0.1) is 25.4 Å². The maximum absolute atomic E-state index is 12.5. The third-order valence-corrected chi connectivity index (χ3v) is 2.99. The van der Waals surface area contributed by atoms with Crippen molar-refractivity contribution >= 4 is 0 Å². The van der Waals surface area contributed by atoms with Gasteiger partial charge in [0.1, 0.15) is 0 Å². The monoisotopic (exact) mass is 246 g/mol. The number of rotatable bonds is 3. The third-order valence-electron chi connectivity index (χ3n) is 2.99. The Labute approximate surface area is 97.0 Å². The molecule has 2 rings (SSSR count). The molecule has 17 heavy (non-hydrogen) atoms. The van der Waals surface area contributed by atoms with E-state index in [0.29, 0.717) is 25.2 Å². The summed E-state index contributed by atoms with van der Waals surface area (Å²) < 4.78 is 42.5. The molecule has 1 aliphatic heterocycles. The number of benzene rings is 1. The molecule has 0 atom stereocenters. The number of aliphatic hydroxyl groups is 1. The van der Waals surface area contributed by atoms with Crippen molar-refractivity contribution in [1.82, 2.24) is 0 Å². The molecule has 1 heterocycles. The summed E-state index contributed by atoms with van der Waals surface area (Å²) in [4.78, 5) is 0. The first-order valence-corrected chi connectivity index (χ1v) is 5.30. The minimum Gasteiger partial charge on any atom is -0.396 e. The summed E-state index contributed by atoms with van der Waals surface area (Å²) in [6, 6.07) is 5.22. The van der Waals surface area contributed by atoms with E-state index in [1.54, 1.807) is 6.07 Å². The average Bonchev–Trinajstić information content (AvgIpc) is 2.23. The lowest BCUT2D eigenvalue weighted by molar-refractivity contribution is -0.139. The van der Waals surface area contributed by atoms with Crippen LogP contribution in [0.5, 0.6) is 0 Å². The number of hydrogen-bond donors (Lipinski definition) is 1. The highest BCUT2D eigenvalue weighted by Gasteiger charge is 2.38. The van der Waals surface area contributed by atoms with Gasteiger partial charge in [-0.05, 0) is 18.1 Å². The van der Waals surface area contributed by atoms with E-state index >= 15 is 0 Å². The van der Waals surface area contributed by atoms with Crippen molar-refractivity contribution in [2.75, 3.05) is 19.8 Å². The van der Waals surface area contributed by atoms with E-state index in [1.165, 1.54) is 6.07 Å². The fourth-order valence-electron chi connectivity index (χ4n) is 1.93. The second-order valence-corrected chi connectivity index (χ2v) is 4.53. The number of hydrogen-bond acceptors (Lipinski definition) is 2. The number of alkyl halides is 3. The van der Waals surface area contributed by atoms with Crippen molar-refractivity contribution in [2.45, 2.75) is 12.6 Å². The highest BCUT2D eigenvalue weighted by Crippen LogP contribution is 2.34. The minimum absolute atomic E-state index is 0.0662. The van der Waals surface area contributed by atoms with Gasteiger partial charge in [-0.1, -0.05) is 18.2 Å². The quantitative estimate of drug-likeness (QED) is 0.886. The predicted molar refractivity (Wildman–Crippen MR) is 55.5 cm³/mol. The van der Waals surface area contributed by atoms with E-state index < -0.39 is 17.2 Å². The van der Waals surface area contributed by atoms with Crippen LogP contribution in [0.2, 0.25) is 0 Å². The standard InChI is InChI=1S/C12H13F3O2/c13-12(14,15)10-3-1-2-9(4-10)5-11(6-16)7-17-8-11/h1-4,16H,5-8H2. The van der Waals surface area contributed by atoms with Crippen LogP contribution in [-0.2, 0) is 17.3 Å². The summed E-state index contributed by atoms with van der Waals surface area (Å²) in [6.07, 6.45) is -3.91. The molecule has 0 spiro atoms. The highest BCUT2D eigenvalue weighted by atomic mass is 19.4. The van der Waals surface area contributed by atoms with Crippen LogP contribution in [0, 0.1) is 5.41 Å². The van der Waals surface area contributed by atoms with Crippen molar-refractivity contribution in [2.24, 2.45) is 5.41 Å². The summed E-state index contributed by atoms with van der Waals surface area (Å²) in [6.45, 7) is 0.739. The summed E-state index contributed by atoms with van der Waals surface area (Å²) in [5, 5.41) is 9.22. The van der Waals surface area contributed by atoms with Gasteiger partial charge in [0.25, 0.3) is 0 Å². The molecule has 0 saturated carbocycles. The van der Waals surface area contributed by atoms with Gasteiger partial charge >= 0.3 is 6.18 Å². The van der Waals surface area contributed by atoms with Crippen molar-refractivity contribution in [3.8, 4) is 0 Å². The number of halogens is 3. The van der Waals surface area contributed by atoms with E-state index in [1.807, 2.05) is 0 Å². The van der Waals surface area contributed by atoms with Crippen LogP contribution in [0.4, 0.5) is 13.2 Å². The Hall–Kier alpha value is -1.07. The number of ether oxygens (including phenoxy) is 1. The maximum Gasteiger partial charge on any atom is 0.416 e. The second kappa shape index (κ2) is 4.31. The van der Waals surface area contributed by atoms with Crippen molar-refractivity contribution in [3.05, 3.63) is 35.4 Å². The fourth-order valence-corrected chi connectivity index (χ4v) is 1.93. The maximum atomic E-state index is 12.5. The van der Waals surface area contributed by atoms with Gasteiger partial charge in [-0.15, -0.1) is 0 Å². The van der Waals surface area contributed by atoms with Crippen molar-refractivity contribution < 1.29 is 23.0 Å². The van der Waals surface area contributed by atoms with E-state index in [2.05, 4.69) is 0 Å². The van der Waals surface area contributed by atoms with Gasteiger partial charge in [0.2, 0.25) is 0 Å². The first-order chi connectivity index (χ1) is 7.95. The normalized spacial score (nSPS) is 18.8.